The van der Waals surface area contributed by atoms with Gasteiger partial charge in [0.2, 0.25) is 0 Å². The van der Waals surface area contributed by atoms with Crippen LogP contribution in [0.3, 0.4) is 0 Å². The maximum Gasteiger partial charge on any atom is 0.435 e. The van der Waals surface area contributed by atoms with Gasteiger partial charge >= 0.3 is 12.4 Å². The molecule has 1 N–H and O–H groups in total. The van der Waals surface area contributed by atoms with Crippen LogP contribution in [0.25, 0.3) is 5.65 Å². The lowest BCUT2D eigenvalue weighted by atomic mass is 10.2. The van der Waals surface area contributed by atoms with E-state index >= 15 is 0 Å². The number of aryl methyl sites for hydroxylation is 2. The Hall–Kier alpha value is -3.12. The SMILES string of the molecule is Cc1cc(C(F)(F)F)n2nc(C(=O)NCCCn3nc(C(F)(F)F)cc3C3CC3)cc2n1. The summed E-state index contributed by atoms with van der Waals surface area (Å²) >= 11 is 0. The van der Waals surface area contributed by atoms with Crippen LogP contribution in [0.4, 0.5) is 26.3 Å². The molecule has 32 heavy (non-hydrogen) atoms. The lowest BCUT2D eigenvalue weighted by Gasteiger charge is -2.09. The van der Waals surface area contributed by atoms with E-state index in [9.17, 15) is 31.1 Å². The summed E-state index contributed by atoms with van der Waals surface area (Å²) in [6.07, 6.45) is -7.32. The van der Waals surface area contributed by atoms with Crippen molar-refractivity contribution in [3.05, 3.63) is 46.7 Å². The summed E-state index contributed by atoms with van der Waals surface area (Å²) in [6, 6.07) is 3.03. The van der Waals surface area contributed by atoms with Crippen molar-refractivity contribution < 1.29 is 31.1 Å². The van der Waals surface area contributed by atoms with Gasteiger partial charge < -0.3 is 5.32 Å². The largest absolute Gasteiger partial charge is 0.435 e. The average Bonchev–Trinajstić information content (AvgIpc) is 3.28. The maximum absolute atomic E-state index is 13.2. The number of alkyl halides is 6. The molecule has 3 aromatic rings. The van der Waals surface area contributed by atoms with Gasteiger partial charge in [0.05, 0.1) is 0 Å². The number of carbonyl (C=O) groups excluding carboxylic acids is 1. The van der Waals surface area contributed by atoms with Gasteiger partial charge in [-0.3, -0.25) is 9.48 Å². The highest BCUT2D eigenvalue weighted by Crippen LogP contribution is 2.42. The summed E-state index contributed by atoms with van der Waals surface area (Å²) in [5, 5.41) is 9.87. The number of nitrogens with zero attached hydrogens (tertiary/aromatic N) is 5. The maximum atomic E-state index is 13.2. The van der Waals surface area contributed by atoms with Crippen LogP contribution in [0.5, 0.6) is 0 Å². The Morgan fingerprint density at radius 1 is 1.09 bits per heavy atom. The van der Waals surface area contributed by atoms with E-state index in [1.54, 1.807) is 0 Å². The van der Waals surface area contributed by atoms with Crippen molar-refractivity contribution in [3.63, 3.8) is 0 Å². The minimum atomic E-state index is -4.68. The molecule has 0 atom stereocenters. The van der Waals surface area contributed by atoms with Crippen molar-refractivity contribution in [2.45, 2.75) is 51.0 Å². The Morgan fingerprint density at radius 3 is 2.44 bits per heavy atom. The van der Waals surface area contributed by atoms with Crippen molar-refractivity contribution >= 4 is 11.6 Å². The molecule has 1 fully saturated rings. The van der Waals surface area contributed by atoms with Crippen LogP contribution in [-0.4, -0.2) is 36.8 Å². The standard InChI is InChI=1S/C19H18F6N6O/c1-10-7-15(19(23,24)25)31-16(27-10)8-12(28-31)17(32)26-5-2-6-30-13(11-3-4-11)9-14(29-30)18(20,21)22/h7-9,11H,2-6H2,1H3,(H,26,32). The molecule has 7 nitrogen and oxygen atoms in total. The molecule has 0 spiro atoms. The van der Waals surface area contributed by atoms with E-state index in [0.29, 0.717) is 10.2 Å². The van der Waals surface area contributed by atoms with Crippen molar-refractivity contribution in [1.29, 1.82) is 0 Å². The third-order valence-corrected chi connectivity index (χ3v) is 5.01. The van der Waals surface area contributed by atoms with Gasteiger partial charge in [-0.1, -0.05) is 0 Å². The molecule has 1 aliphatic carbocycles. The summed E-state index contributed by atoms with van der Waals surface area (Å²) in [7, 11) is 0. The Morgan fingerprint density at radius 2 is 1.81 bits per heavy atom. The first kappa shape index (κ1) is 22.1. The van der Waals surface area contributed by atoms with Crippen LogP contribution in [0, 0.1) is 6.92 Å². The quantitative estimate of drug-likeness (QED) is 0.446. The second kappa shape index (κ2) is 7.78. The third kappa shape index (κ3) is 4.55. The summed E-state index contributed by atoms with van der Waals surface area (Å²) in [4.78, 5) is 16.3. The van der Waals surface area contributed by atoms with Gasteiger partial charge in [0.1, 0.15) is 5.69 Å². The van der Waals surface area contributed by atoms with Crippen molar-refractivity contribution in [2.75, 3.05) is 6.54 Å². The Balaban J connectivity index is 1.41. The van der Waals surface area contributed by atoms with E-state index in [1.165, 1.54) is 11.6 Å². The lowest BCUT2D eigenvalue weighted by molar-refractivity contribution is -0.143. The van der Waals surface area contributed by atoms with Gasteiger partial charge in [-0.2, -0.15) is 36.5 Å². The van der Waals surface area contributed by atoms with Crippen molar-refractivity contribution in [1.82, 2.24) is 29.7 Å². The molecule has 1 saturated carbocycles. The zero-order valence-corrected chi connectivity index (χ0v) is 16.8. The molecule has 13 heteroatoms. The number of halogens is 6. The molecule has 1 amide bonds. The number of aromatic nitrogens is 5. The fraction of sp³-hybridized carbons (Fsp3) is 0.474. The number of hydrogen-bond acceptors (Lipinski definition) is 4. The molecule has 3 aromatic heterocycles. The van der Waals surface area contributed by atoms with Gasteiger partial charge in [0.25, 0.3) is 5.91 Å². The van der Waals surface area contributed by atoms with Crippen LogP contribution in [0.2, 0.25) is 0 Å². The number of fused-ring (bicyclic) bond motifs is 1. The van der Waals surface area contributed by atoms with Crippen molar-refractivity contribution in [3.8, 4) is 0 Å². The number of amides is 1. The molecule has 4 rings (SSSR count). The number of hydrogen-bond donors (Lipinski definition) is 1. The molecule has 0 unspecified atom stereocenters. The van der Waals surface area contributed by atoms with E-state index in [-0.39, 0.29) is 42.5 Å². The first-order chi connectivity index (χ1) is 14.9. The molecule has 0 aliphatic heterocycles. The molecule has 0 bridgehead atoms. The minimum absolute atomic E-state index is 0.0601. The predicted octanol–water partition coefficient (Wildman–Crippen LogP) is 3.97. The predicted molar refractivity (Wildman–Crippen MR) is 98.9 cm³/mol. The number of nitrogens with one attached hydrogen (secondary N) is 1. The lowest BCUT2D eigenvalue weighted by Crippen LogP contribution is -2.26. The second-order valence-electron chi connectivity index (χ2n) is 7.64. The van der Waals surface area contributed by atoms with Gasteiger partial charge in [-0.15, -0.1) is 0 Å². The molecule has 1 aliphatic rings. The number of carbonyl (C=O) groups is 1. The van der Waals surface area contributed by atoms with Gasteiger partial charge in [0.15, 0.2) is 17.0 Å². The average molecular weight is 460 g/mol. The molecule has 172 valence electrons. The highest BCUT2D eigenvalue weighted by atomic mass is 19.4. The fourth-order valence-corrected chi connectivity index (χ4v) is 3.39. The Labute approximate surface area is 177 Å². The zero-order valence-electron chi connectivity index (χ0n) is 16.8. The van der Waals surface area contributed by atoms with Gasteiger partial charge in [-0.25, -0.2) is 9.50 Å². The molecule has 0 saturated heterocycles. The Bertz CT molecular complexity index is 1160. The van der Waals surface area contributed by atoms with Crippen LogP contribution < -0.4 is 5.32 Å². The monoisotopic (exact) mass is 460 g/mol. The molecular formula is C19H18F6N6O. The molecule has 0 radical (unpaired) electrons. The minimum Gasteiger partial charge on any atom is -0.351 e. The third-order valence-electron chi connectivity index (χ3n) is 5.01. The van der Waals surface area contributed by atoms with Crippen LogP contribution in [0.1, 0.15) is 58.4 Å². The van der Waals surface area contributed by atoms with Crippen molar-refractivity contribution in [2.24, 2.45) is 0 Å². The van der Waals surface area contributed by atoms with Crippen LogP contribution in [-0.2, 0) is 18.9 Å². The topological polar surface area (TPSA) is 77.1 Å². The van der Waals surface area contributed by atoms with E-state index in [0.717, 1.165) is 31.0 Å². The normalized spacial score (nSPS) is 14.8. The van der Waals surface area contributed by atoms with Crippen LogP contribution >= 0.6 is 0 Å². The van der Waals surface area contributed by atoms with Gasteiger partial charge in [0, 0.05) is 36.5 Å². The first-order valence-electron chi connectivity index (χ1n) is 9.81. The zero-order chi connectivity index (χ0) is 23.3. The molecular weight excluding hydrogens is 442 g/mol. The smallest absolute Gasteiger partial charge is 0.351 e. The Kier molecular flexibility index (Phi) is 5.37. The first-order valence-corrected chi connectivity index (χ1v) is 9.81. The number of rotatable bonds is 6. The van der Waals surface area contributed by atoms with Gasteiger partial charge in [-0.05, 0) is 38.3 Å². The second-order valence-corrected chi connectivity index (χ2v) is 7.64. The van der Waals surface area contributed by atoms with E-state index in [1.807, 2.05) is 0 Å². The molecule has 3 heterocycles. The van der Waals surface area contributed by atoms with Crippen LogP contribution in [0.15, 0.2) is 18.2 Å². The van der Waals surface area contributed by atoms with E-state index < -0.39 is 29.6 Å². The summed E-state index contributed by atoms with van der Waals surface area (Å²) in [6.45, 7) is 1.64. The highest BCUT2D eigenvalue weighted by Gasteiger charge is 2.38. The summed E-state index contributed by atoms with van der Waals surface area (Å²) < 4.78 is 80.4. The fourth-order valence-electron chi connectivity index (χ4n) is 3.39. The van der Waals surface area contributed by atoms with E-state index in [4.69, 9.17) is 0 Å². The highest BCUT2D eigenvalue weighted by molar-refractivity contribution is 5.93. The summed E-state index contributed by atoms with van der Waals surface area (Å²) in [5.74, 6) is -0.648. The van der Waals surface area contributed by atoms with E-state index in [2.05, 4.69) is 20.5 Å². The molecule has 0 aromatic carbocycles. The summed E-state index contributed by atoms with van der Waals surface area (Å²) in [5.41, 5.74) is -1.72.